The summed E-state index contributed by atoms with van der Waals surface area (Å²) in [6.45, 7) is 1.78. The zero-order valence-electron chi connectivity index (χ0n) is 9.31. The third-order valence-electron chi connectivity index (χ3n) is 2.31. The van der Waals surface area contributed by atoms with E-state index in [4.69, 9.17) is 4.52 Å². The molecular weight excluding hydrogens is 223 g/mol. The van der Waals surface area contributed by atoms with Crippen LogP contribution in [-0.2, 0) is 11.2 Å². The lowest BCUT2D eigenvalue weighted by atomic mass is 10.2. The van der Waals surface area contributed by atoms with Crippen LogP contribution in [-0.4, -0.2) is 15.9 Å². The monoisotopic (exact) mass is 234 g/mol. The van der Waals surface area contributed by atoms with Crippen LogP contribution < -0.4 is 0 Å². The Kier molecular flexibility index (Phi) is 3.27. The van der Waals surface area contributed by atoms with Crippen LogP contribution in [0.15, 0.2) is 28.8 Å². The molecule has 0 aliphatic rings. The van der Waals surface area contributed by atoms with Crippen molar-refractivity contribution in [2.24, 2.45) is 0 Å². The molecule has 0 radical (unpaired) electrons. The van der Waals surface area contributed by atoms with Crippen molar-refractivity contribution in [3.05, 3.63) is 36.0 Å². The van der Waals surface area contributed by atoms with Crippen LogP contribution in [0.4, 0.5) is 4.39 Å². The Bertz CT molecular complexity index is 520. The summed E-state index contributed by atoms with van der Waals surface area (Å²) in [4.78, 5) is 15.3. The number of Topliss-reactive ketones (excluding diaryl/α,β-unsaturated/α-hetero) is 1. The van der Waals surface area contributed by atoms with E-state index in [0.717, 1.165) is 0 Å². The van der Waals surface area contributed by atoms with Gasteiger partial charge in [0.25, 0.3) is 0 Å². The molecule has 2 aromatic rings. The topological polar surface area (TPSA) is 56.0 Å². The first-order valence-corrected chi connectivity index (χ1v) is 5.29. The fourth-order valence-corrected chi connectivity index (χ4v) is 1.34. The van der Waals surface area contributed by atoms with Crippen molar-refractivity contribution in [1.82, 2.24) is 10.1 Å². The van der Waals surface area contributed by atoms with Gasteiger partial charge in [0.2, 0.25) is 11.7 Å². The highest BCUT2D eigenvalue weighted by atomic mass is 19.1. The zero-order valence-corrected chi connectivity index (χ0v) is 9.31. The third kappa shape index (κ3) is 2.75. The van der Waals surface area contributed by atoms with Gasteiger partial charge in [-0.05, 0) is 24.3 Å². The summed E-state index contributed by atoms with van der Waals surface area (Å²) in [5.41, 5.74) is 0.658. The predicted octanol–water partition coefficient (Wildman–Crippen LogP) is 2.40. The van der Waals surface area contributed by atoms with Crippen molar-refractivity contribution in [2.75, 3.05) is 0 Å². The standard InChI is InChI=1S/C12H11FN2O2/c1-2-10(16)7-11-14-12(15-17-11)8-3-5-9(13)6-4-8/h3-6H,2,7H2,1H3. The Hall–Kier alpha value is -2.04. The molecule has 1 aromatic heterocycles. The molecule has 1 aromatic carbocycles. The van der Waals surface area contributed by atoms with E-state index in [1.165, 1.54) is 12.1 Å². The molecule has 2 rings (SSSR count). The van der Waals surface area contributed by atoms with Crippen LogP contribution in [0.2, 0.25) is 0 Å². The zero-order chi connectivity index (χ0) is 12.3. The molecule has 0 saturated carbocycles. The summed E-state index contributed by atoms with van der Waals surface area (Å²) < 4.78 is 17.7. The predicted molar refractivity (Wildman–Crippen MR) is 58.7 cm³/mol. The van der Waals surface area contributed by atoms with Crippen molar-refractivity contribution in [3.63, 3.8) is 0 Å². The van der Waals surface area contributed by atoms with Gasteiger partial charge in [-0.15, -0.1) is 0 Å². The lowest BCUT2D eigenvalue weighted by molar-refractivity contribution is -0.118. The molecule has 0 aliphatic carbocycles. The molecule has 0 amide bonds. The third-order valence-corrected chi connectivity index (χ3v) is 2.31. The minimum absolute atomic E-state index is 0.0410. The quantitative estimate of drug-likeness (QED) is 0.815. The molecule has 0 aliphatic heterocycles. The van der Waals surface area contributed by atoms with E-state index in [2.05, 4.69) is 10.1 Å². The van der Waals surface area contributed by atoms with Gasteiger partial charge in [0.1, 0.15) is 11.6 Å². The maximum Gasteiger partial charge on any atom is 0.234 e. The Balaban J connectivity index is 2.18. The molecule has 0 unspecified atom stereocenters. The SMILES string of the molecule is CCC(=O)Cc1nc(-c2ccc(F)cc2)no1. The number of hydrogen-bond acceptors (Lipinski definition) is 4. The van der Waals surface area contributed by atoms with Crippen LogP contribution >= 0.6 is 0 Å². The van der Waals surface area contributed by atoms with Gasteiger partial charge in [-0.25, -0.2) is 4.39 Å². The molecule has 4 nitrogen and oxygen atoms in total. The molecule has 0 saturated heterocycles. The van der Waals surface area contributed by atoms with E-state index in [0.29, 0.717) is 17.8 Å². The van der Waals surface area contributed by atoms with Gasteiger partial charge in [0.15, 0.2) is 0 Å². The van der Waals surface area contributed by atoms with Gasteiger partial charge >= 0.3 is 0 Å². The summed E-state index contributed by atoms with van der Waals surface area (Å²) >= 11 is 0. The highest BCUT2D eigenvalue weighted by Gasteiger charge is 2.11. The van der Waals surface area contributed by atoms with Gasteiger partial charge in [0, 0.05) is 12.0 Å². The van der Waals surface area contributed by atoms with Crippen LogP contribution in [0.5, 0.6) is 0 Å². The molecular formula is C12H11FN2O2. The number of benzene rings is 1. The first kappa shape index (κ1) is 11.4. The molecule has 0 bridgehead atoms. The van der Waals surface area contributed by atoms with Crippen molar-refractivity contribution < 1.29 is 13.7 Å². The van der Waals surface area contributed by atoms with Crippen molar-refractivity contribution in [3.8, 4) is 11.4 Å². The molecule has 0 N–H and O–H groups in total. The smallest absolute Gasteiger partial charge is 0.234 e. The van der Waals surface area contributed by atoms with Crippen LogP contribution in [0, 0.1) is 5.82 Å². The maximum absolute atomic E-state index is 12.7. The molecule has 17 heavy (non-hydrogen) atoms. The van der Waals surface area contributed by atoms with E-state index in [9.17, 15) is 9.18 Å². The fraction of sp³-hybridized carbons (Fsp3) is 0.250. The van der Waals surface area contributed by atoms with Gasteiger partial charge in [0.05, 0.1) is 6.42 Å². The Morgan fingerprint density at radius 2 is 2.06 bits per heavy atom. The summed E-state index contributed by atoms with van der Waals surface area (Å²) in [7, 11) is 0. The number of hydrogen-bond donors (Lipinski definition) is 0. The minimum Gasteiger partial charge on any atom is -0.339 e. The number of ketones is 1. The Morgan fingerprint density at radius 3 is 2.71 bits per heavy atom. The fourth-order valence-electron chi connectivity index (χ4n) is 1.34. The minimum atomic E-state index is -0.321. The second kappa shape index (κ2) is 4.86. The second-order valence-corrected chi connectivity index (χ2v) is 3.59. The molecule has 88 valence electrons. The van der Waals surface area contributed by atoms with E-state index in [-0.39, 0.29) is 23.9 Å². The first-order valence-electron chi connectivity index (χ1n) is 5.29. The van der Waals surface area contributed by atoms with E-state index in [1.54, 1.807) is 19.1 Å². The highest BCUT2D eigenvalue weighted by molar-refractivity contribution is 5.79. The van der Waals surface area contributed by atoms with E-state index >= 15 is 0 Å². The van der Waals surface area contributed by atoms with Gasteiger partial charge in [-0.1, -0.05) is 12.1 Å². The van der Waals surface area contributed by atoms with Crippen LogP contribution in [0.1, 0.15) is 19.2 Å². The van der Waals surface area contributed by atoms with E-state index in [1.807, 2.05) is 0 Å². The molecule has 1 heterocycles. The lowest BCUT2D eigenvalue weighted by Crippen LogP contribution is -2.00. The molecule has 0 atom stereocenters. The van der Waals surface area contributed by atoms with Gasteiger partial charge in [-0.2, -0.15) is 4.98 Å². The number of carbonyl (C=O) groups is 1. The van der Waals surface area contributed by atoms with E-state index < -0.39 is 0 Å². The number of halogens is 1. The van der Waals surface area contributed by atoms with Crippen LogP contribution in [0.25, 0.3) is 11.4 Å². The number of rotatable bonds is 4. The van der Waals surface area contributed by atoms with Gasteiger partial charge in [-0.3, -0.25) is 4.79 Å². The molecule has 5 heteroatoms. The van der Waals surface area contributed by atoms with Crippen molar-refractivity contribution in [1.29, 1.82) is 0 Å². The largest absolute Gasteiger partial charge is 0.339 e. The molecule has 0 spiro atoms. The second-order valence-electron chi connectivity index (χ2n) is 3.59. The van der Waals surface area contributed by atoms with Crippen LogP contribution in [0.3, 0.4) is 0 Å². The number of nitrogens with zero attached hydrogens (tertiary/aromatic N) is 2. The summed E-state index contributed by atoms with van der Waals surface area (Å²) in [6, 6.07) is 5.77. The average molecular weight is 234 g/mol. The first-order chi connectivity index (χ1) is 8.19. The highest BCUT2D eigenvalue weighted by Crippen LogP contribution is 2.16. The van der Waals surface area contributed by atoms with Crippen molar-refractivity contribution in [2.45, 2.75) is 19.8 Å². The summed E-state index contributed by atoms with van der Waals surface area (Å²) in [5, 5.41) is 3.74. The van der Waals surface area contributed by atoms with Gasteiger partial charge < -0.3 is 4.52 Å². The Morgan fingerprint density at radius 1 is 1.35 bits per heavy atom. The number of aromatic nitrogens is 2. The summed E-state index contributed by atoms with van der Waals surface area (Å²) in [6.07, 6.45) is 0.582. The maximum atomic E-state index is 12.7. The molecule has 0 fully saturated rings. The average Bonchev–Trinajstić information content (AvgIpc) is 2.78. The van der Waals surface area contributed by atoms with Crippen molar-refractivity contribution >= 4 is 5.78 Å². The number of carbonyl (C=O) groups excluding carboxylic acids is 1. The Labute approximate surface area is 97.5 Å². The summed E-state index contributed by atoms with van der Waals surface area (Å²) in [5.74, 6) is 0.373. The normalized spacial score (nSPS) is 10.5. The lowest BCUT2D eigenvalue weighted by Gasteiger charge is -1.92.